The van der Waals surface area contributed by atoms with Crippen molar-refractivity contribution in [1.29, 1.82) is 0 Å². The lowest BCUT2D eigenvalue weighted by Gasteiger charge is -2.44. The van der Waals surface area contributed by atoms with Gasteiger partial charge >= 0.3 is 6.03 Å². The number of fused-ring (bicyclic) bond motifs is 4. The first-order valence-corrected chi connectivity index (χ1v) is 23.9. The number of piperazine rings is 1. The van der Waals surface area contributed by atoms with Crippen LogP contribution in [0.2, 0.25) is 0 Å². The number of carbonyl (C=O) groups is 6. The third kappa shape index (κ3) is 8.22. The lowest BCUT2D eigenvalue weighted by Crippen LogP contribution is -2.58. The van der Waals surface area contributed by atoms with Crippen molar-refractivity contribution in [3.8, 4) is 0 Å². The summed E-state index contributed by atoms with van der Waals surface area (Å²) in [6.45, 7) is 12.0. The largest absolute Gasteiger partial charge is 0.371 e. The Morgan fingerprint density at radius 2 is 1.59 bits per heavy atom. The first-order chi connectivity index (χ1) is 33.0. The number of nitrogens with zero attached hydrogens (tertiary/aromatic N) is 10. The highest BCUT2D eigenvalue weighted by molar-refractivity contribution is 6.24. The summed E-state index contributed by atoms with van der Waals surface area (Å²) in [5.74, 6) is -1.41. The maximum atomic E-state index is 13.6. The van der Waals surface area contributed by atoms with Gasteiger partial charge in [-0.15, -0.1) is 0 Å². The Bertz CT molecular complexity index is 2820. The number of imide groups is 2. The quantitative estimate of drug-likeness (QED) is 0.172. The van der Waals surface area contributed by atoms with Gasteiger partial charge in [0, 0.05) is 95.2 Å². The summed E-state index contributed by atoms with van der Waals surface area (Å²) in [5, 5.41) is 15.3. The van der Waals surface area contributed by atoms with E-state index in [1.54, 1.807) is 24.4 Å². The maximum absolute atomic E-state index is 13.6. The monoisotopic (exact) mass is 921 g/mol. The van der Waals surface area contributed by atoms with Crippen LogP contribution in [0.25, 0.3) is 11.0 Å². The molecule has 9 heterocycles. The lowest BCUT2D eigenvalue weighted by atomic mass is 9.94. The van der Waals surface area contributed by atoms with Crippen molar-refractivity contribution in [2.24, 2.45) is 5.92 Å². The van der Waals surface area contributed by atoms with Gasteiger partial charge in [-0.05, 0) is 86.6 Å². The van der Waals surface area contributed by atoms with Gasteiger partial charge in [0.1, 0.15) is 17.0 Å². The summed E-state index contributed by atoms with van der Waals surface area (Å²) in [5.41, 5.74) is 5.71. The second-order valence-corrected chi connectivity index (χ2v) is 18.9. The molecule has 19 nitrogen and oxygen atoms in total. The minimum absolute atomic E-state index is 0.0225. The van der Waals surface area contributed by atoms with E-state index in [9.17, 15) is 28.8 Å². The van der Waals surface area contributed by atoms with Crippen LogP contribution >= 0.6 is 0 Å². The molecule has 2 aromatic carbocycles. The Morgan fingerprint density at radius 3 is 2.35 bits per heavy atom. The molecule has 11 rings (SSSR count). The number of anilines is 3. The second kappa shape index (κ2) is 17.8. The molecule has 1 atom stereocenters. The number of amides is 7. The van der Waals surface area contributed by atoms with Gasteiger partial charge < -0.3 is 29.9 Å². The fourth-order valence-corrected chi connectivity index (χ4v) is 11.0. The van der Waals surface area contributed by atoms with Crippen molar-refractivity contribution in [2.75, 3.05) is 87.1 Å². The van der Waals surface area contributed by atoms with E-state index in [1.165, 1.54) is 5.69 Å². The van der Waals surface area contributed by atoms with Gasteiger partial charge in [-0.1, -0.05) is 18.2 Å². The molecule has 352 valence electrons. The molecule has 4 fully saturated rings. The third-order valence-electron chi connectivity index (χ3n) is 14.7. The molecule has 0 aliphatic carbocycles. The Kier molecular flexibility index (Phi) is 11.4. The SMILES string of the molecule is C[C@@H]1CNC(=O)c2cc3ccc(C(=O)Nc4cnn(Cc5ccc(N6CCC(N7CCN(CC8CCN(c9cccc%10c9C(=O)N(N9CCC(=O)NC9=O)C%10=O)CC8)CC7)CC6)cc5)c4)nc3n21. The zero-order valence-electron chi connectivity index (χ0n) is 38.1. The van der Waals surface area contributed by atoms with Gasteiger partial charge in [-0.2, -0.15) is 10.1 Å². The van der Waals surface area contributed by atoms with Crippen LogP contribution in [-0.2, 0) is 11.3 Å². The molecule has 0 unspecified atom stereocenters. The molecule has 68 heavy (non-hydrogen) atoms. The molecule has 19 heteroatoms. The minimum atomic E-state index is -0.760. The molecule has 3 N–H and O–H groups in total. The Labute approximate surface area is 392 Å². The molecule has 0 radical (unpaired) electrons. The molecule has 0 saturated carbocycles. The van der Waals surface area contributed by atoms with Crippen molar-refractivity contribution in [2.45, 2.75) is 57.7 Å². The van der Waals surface area contributed by atoms with Crippen LogP contribution in [0.4, 0.5) is 21.9 Å². The Balaban J connectivity index is 0.612. The fourth-order valence-electron chi connectivity index (χ4n) is 11.0. The number of nitrogens with one attached hydrogen (secondary N) is 3. The summed E-state index contributed by atoms with van der Waals surface area (Å²) in [4.78, 5) is 91.5. The fraction of sp³-hybridized carbons (Fsp3) is 0.429. The highest BCUT2D eigenvalue weighted by atomic mass is 16.2. The van der Waals surface area contributed by atoms with E-state index in [2.05, 4.69) is 69.9 Å². The number of urea groups is 1. The number of pyridine rings is 1. The zero-order valence-corrected chi connectivity index (χ0v) is 38.1. The van der Waals surface area contributed by atoms with Gasteiger partial charge in [-0.25, -0.2) is 14.8 Å². The topological polar surface area (TPSA) is 194 Å². The van der Waals surface area contributed by atoms with E-state index in [4.69, 9.17) is 0 Å². The average molecular weight is 922 g/mol. The normalized spacial score (nSPS) is 21.1. The van der Waals surface area contributed by atoms with Gasteiger partial charge in [0.05, 0.1) is 47.8 Å². The summed E-state index contributed by atoms with van der Waals surface area (Å²) in [6.07, 6.45) is 7.74. The summed E-state index contributed by atoms with van der Waals surface area (Å²) >= 11 is 0. The molecule has 6 aliphatic rings. The maximum Gasteiger partial charge on any atom is 0.343 e. The average Bonchev–Trinajstić information content (AvgIpc) is 4.05. The number of hydrazine groups is 1. The number of hydrogen-bond acceptors (Lipinski definition) is 12. The standard InChI is InChI=1S/C49H55N13O6/c1-31-26-50-46(65)41-25-34-7-10-39(53-44(34)61(31)41)45(64)52-35-27-51-59(30-35)29-32-5-8-36(9-6-32)56-18-13-37(14-19-56)57-23-21-55(22-24-57)28-33-11-16-58(17-12-33)40-4-2-3-38-43(40)48(67)62(47(38)66)60-20-15-42(63)54-49(60)68/h2-10,25,27,30-31,33,37H,11-24,26,28-29H2,1H3,(H,50,65)(H,52,64)(H,54,63,68)/t31-/m1/s1. The van der Waals surface area contributed by atoms with Crippen LogP contribution in [0.1, 0.15) is 92.3 Å². The van der Waals surface area contributed by atoms with Crippen molar-refractivity contribution in [3.05, 3.63) is 101 Å². The molecule has 5 aromatic rings. The Hall–Kier alpha value is -7.12. The second-order valence-electron chi connectivity index (χ2n) is 18.9. The highest BCUT2D eigenvalue weighted by Gasteiger charge is 2.45. The number of carbonyl (C=O) groups excluding carboxylic acids is 6. The zero-order chi connectivity index (χ0) is 46.6. The van der Waals surface area contributed by atoms with Crippen molar-refractivity contribution in [1.82, 2.24) is 49.8 Å². The summed E-state index contributed by atoms with van der Waals surface area (Å²) in [6, 6.07) is 19.2. The van der Waals surface area contributed by atoms with E-state index < -0.39 is 23.8 Å². The first-order valence-electron chi connectivity index (χ1n) is 23.9. The van der Waals surface area contributed by atoms with E-state index in [1.807, 2.05) is 40.6 Å². The van der Waals surface area contributed by atoms with Gasteiger partial charge in [0.25, 0.3) is 23.6 Å². The molecular weight excluding hydrogens is 867 g/mol. The molecule has 3 aromatic heterocycles. The first kappa shape index (κ1) is 43.5. The summed E-state index contributed by atoms with van der Waals surface area (Å²) < 4.78 is 3.71. The number of piperidine rings is 2. The van der Waals surface area contributed by atoms with Crippen LogP contribution in [-0.4, -0.2) is 153 Å². The smallest absolute Gasteiger partial charge is 0.343 e. The van der Waals surface area contributed by atoms with Crippen LogP contribution < -0.4 is 25.8 Å². The predicted molar refractivity (Wildman–Crippen MR) is 252 cm³/mol. The number of rotatable bonds is 10. The van der Waals surface area contributed by atoms with Crippen molar-refractivity contribution in [3.63, 3.8) is 0 Å². The third-order valence-corrected chi connectivity index (χ3v) is 14.7. The lowest BCUT2D eigenvalue weighted by molar-refractivity contribution is -0.122. The predicted octanol–water partition coefficient (Wildman–Crippen LogP) is 3.79. The molecule has 0 bridgehead atoms. The van der Waals surface area contributed by atoms with Gasteiger partial charge in [0.15, 0.2) is 0 Å². The van der Waals surface area contributed by atoms with Crippen LogP contribution in [0.5, 0.6) is 0 Å². The Morgan fingerprint density at radius 1 is 0.824 bits per heavy atom. The van der Waals surface area contributed by atoms with Crippen LogP contribution in [0, 0.1) is 5.92 Å². The minimum Gasteiger partial charge on any atom is -0.371 e. The molecule has 7 amide bonds. The van der Waals surface area contributed by atoms with Gasteiger partial charge in [-0.3, -0.25) is 38.9 Å². The number of aromatic nitrogens is 4. The van der Waals surface area contributed by atoms with E-state index in [0.29, 0.717) is 47.6 Å². The number of benzene rings is 2. The molecule has 4 saturated heterocycles. The van der Waals surface area contributed by atoms with E-state index in [0.717, 1.165) is 111 Å². The number of hydrogen-bond donors (Lipinski definition) is 3. The van der Waals surface area contributed by atoms with Crippen molar-refractivity contribution < 1.29 is 28.8 Å². The molecule has 6 aliphatic heterocycles. The van der Waals surface area contributed by atoms with Crippen LogP contribution in [0.3, 0.4) is 0 Å². The van der Waals surface area contributed by atoms with E-state index >= 15 is 0 Å². The van der Waals surface area contributed by atoms with Crippen LogP contribution in [0.15, 0.2) is 73.1 Å². The highest BCUT2D eigenvalue weighted by Crippen LogP contribution is 2.36. The summed E-state index contributed by atoms with van der Waals surface area (Å²) in [7, 11) is 0. The van der Waals surface area contributed by atoms with E-state index in [-0.39, 0.29) is 42.1 Å². The van der Waals surface area contributed by atoms with Crippen molar-refractivity contribution >= 4 is 63.7 Å². The van der Waals surface area contributed by atoms with Gasteiger partial charge in [0.2, 0.25) is 5.91 Å². The molecular formula is C49H55N13O6. The molecule has 0 spiro atoms.